The first-order valence-corrected chi connectivity index (χ1v) is 4.43. The predicted molar refractivity (Wildman–Crippen MR) is 41.2 cm³/mol. The molecule has 0 bridgehead atoms. The SMILES string of the molecule is CCCC(CC(O)F)(C(F)(F)F)C(F)(F)F. The van der Waals surface area contributed by atoms with Crippen LogP contribution in [0.5, 0.6) is 0 Å². The molecule has 0 radical (unpaired) electrons. The number of halogens is 7. The summed E-state index contributed by atoms with van der Waals surface area (Å²) in [5.41, 5.74) is -4.18. The van der Waals surface area contributed by atoms with Crippen LogP contribution in [0.1, 0.15) is 26.2 Å². The highest BCUT2D eigenvalue weighted by Crippen LogP contribution is 2.56. The largest absolute Gasteiger partial charge is 0.403 e. The Balaban J connectivity index is 5.41. The summed E-state index contributed by atoms with van der Waals surface area (Å²) in [7, 11) is 0. The Hall–Kier alpha value is -0.530. The molecule has 0 aromatic heterocycles. The summed E-state index contributed by atoms with van der Waals surface area (Å²) in [5, 5.41) is 8.17. The van der Waals surface area contributed by atoms with E-state index in [0.717, 1.165) is 6.92 Å². The fraction of sp³-hybridized carbons (Fsp3) is 1.00. The van der Waals surface area contributed by atoms with Crippen LogP contribution in [0, 0.1) is 5.41 Å². The second-order valence-electron chi connectivity index (χ2n) is 3.47. The maximum absolute atomic E-state index is 12.4. The third-order valence-electron chi connectivity index (χ3n) is 2.28. The van der Waals surface area contributed by atoms with Gasteiger partial charge in [-0.05, 0) is 6.42 Å². The van der Waals surface area contributed by atoms with Gasteiger partial charge in [0.05, 0.1) is 0 Å². The summed E-state index contributed by atoms with van der Waals surface area (Å²) >= 11 is 0. The van der Waals surface area contributed by atoms with Crippen molar-refractivity contribution in [3.8, 4) is 0 Å². The number of rotatable bonds is 4. The van der Waals surface area contributed by atoms with Gasteiger partial charge in [0.25, 0.3) is 0 Å². The Kier molecular flexibility index (Phi) is 4.61. The number of aliphatic hydroxyl groups excluding tert-OH is 1. The Labute approximate surface area is 87.2 Å². The van der Waals surface area contributed by atoms with Crippen LogP contribution in [-0.2, 0) is 0 Å². The molecule has 0 aromatic rings. The van der Waals surface area contributed by atoms with Gasteiger partial charge in [-0.2, -0.15) is 26.3 Å². The van der Waals surface area contributed by atoms with Crippen LogP contribution in [0.25, 0.3) is 0 Å². The van der Waals surface area contributed by atoms with E-state index in [1.54, 1.807) is 0 Å². The van der Waals surface area contributed by atoms with E-state index in [0.29, 0.717) is 0 Å². The van der Waals surface area contributed by atoms with Gasteiger partial charge in [0, 0.05) is 6.42 Å². The van der Waals surface area contributed by atoms with Crippen LogP contribution in [0.3, 0.4) is 0 Å². The fourth-order valence-corrected chi connectivity index (χ4v) is 1.49. The third kappa shape index (κ3) is 2.99. The lowest BCUT2D eigenvalue weighted by Gasteiger charge is -2.37. The van der Waals surface area contributed by atoms with E-state index < -0.39 is 43.4 Å². The molecule has 0 saturated heterocycles. The topological polar surface area (TPSA) is 20.2 Å². The average Bonchev–Trinajstić information content (AvgIpc) is 1.98. The lowest BCUT2D eigenvalue weighted by atomic mass is 9.78. The second-order valence-corrected chi connectivity index (χ2v) is 3.47. The van der Waals surface area contributed by atoms with E-state index in [1.807, 2.05) is 0 Å². The summed E-state index contributed by atoms with van der Waals surface area (Å²) in [4.78, 5) is 0. The Morgan fingerprint density at radius 1 is 1.00 bits per heavy atom. The molecule has 0 spiro atoms. The van der Waals surface area contributed by atoms with E-state index >= 15 is 0 Å². The molecule has 8 heteroatoms. The number of hydrogen-bond donors (Lipinski definition) is 1. The molecule has 0 saturated carbocycles. The van der Waals surface area contributed by atoms with Crippen molar-refractivity contribution in [3.05, 3.63) is 0 Å². The van der Waals surface area contributed by atoms with Crippen molar-refractivity contribution in [3.63, 3.8) is 0 Å². The summed E-state index contributed by atoms with van der Waals surface area (Å²) in [6.07, 6.45) is -18.2. The minimum atomic E-state index is -5.64. The Morgan fingerprint density at radius 3 is 1.56 bits per heavy atom. The number of alkyl halides is 7. The second kappa shape index (κ2) is 4.77. The highest BCUT2D eigenvalue weighted by atomic mass is 19.4. The molecule has 0 heterocycles. The smallest absolute Gasteiger partial charge is 0.364 e. The third-order valence-corrected chi connectivity index (χ3v) is 2.28. The van der Waals surface area contributed by atoms with Crippen LogP contribution in [-0.4, -0.2) is 23.8 Å². The number of hydrogen-bond acceptors (Lipinski definition) is 1. The highest BCUT2D eigenvalue weighted by Gasteiger charge is 2.70. The van der Waals surface area contributed by atoms with Crippen LogP contribution >= 0.6 is 0 Å². The molecular weight excluding hydrogens is 245 g/mol. The molecule has 0 aliphatic carbocycles. The minimum absolute atomic E-state index is 0.425. The van der Waals surface area contributed by atoms with Crippen molar-refractivity contribution >= 4 is 0 Å². The Morgan fingerprint density at radius 2 is 1.38 bits per heavy atom. The van der Waals surface area contributed by atoms with Gasteiger partial charge in [-0.25, -0.2) is 4.39 Å². The normalized spacial score (nSPS) is 16.3. The maximum Gasteiger partial charge on any atom is 0.403 e. The summed E-state index contributed by atoms with van der Waals surface area (Å²) in [5.74, 6) is 0. The fourth-order valence-electron chi connectivity index (χ4n) is 1.49. The van der Waals surface area contributed by atoms with Crippen molar-refractivity contribution in [2.24, 2.45) is 5.41 Å². The average molecular weight is 256 g/mol. The molecule has 0 fully saturated rings. The van der Waals surface area contributed by atoms with Gasteiger partial charge >= 0.3 is 12.4 Å². The number of aliphatic hydroxyl groups is 1. The Bertz CT molecular complexity index is 203. The quantitative estimate of drug-likeness (QED) is 0.762. The zero-order valence-electron chi connectivity index (χ0n) is 8.29. The maximum atomic E-state index is 12.4. The van der Waals surface area contributed by atoms with Crippen molar-refractivity contribution in [1.82, 2.24) is 0 Å². The van der Waals surface area contributed by atoms with Gasteiger partial charge in [-0.1, -0.05) is 13.3 Å². The minimum Gasteiger partial charge on any atom is -0.364 e. The highest BCUT2D eigenvalue weighted by molar-refractivity contribution is 4.93. The molecule has 0 rings (SSSR count). The molecule has 0 aliphatic rings. The van der Waals surface area contributed by atoms with Crippen molar-refractivity contribution in [2.75, 3.05) is 0 Å². The summed E-state index contributed by atoms with van der Waals surface area (Å²) in [6.45, 7) is 1.12. The molecule has 1 nitrogen and oxygen atoms in total. The lowest BCUT2D eigenvalue weighted by molar-refractivity contribution is -0.353. The zero-order chi connectivity index (χ0) is 13.2. The van der Waals surface area contributed by atoms with Gasteiger partial charge < -0.3 is 5.11 Å². The lowest BCUT2D eigenvalue weighted by Crippen LogP contribution is -2.51. The van der Waals surface area contributed by atoms with E-state index in [2.05, 4.69) is 0 Å². The van der Waals surface area contributed by atoms with Gasteiger partial charge in [-0.3, -0.25) is 0 Å². The summed E-state index contributed by atoms with van der Waals surface area (Å²) < 4.78 is 86.7. The molecule has 1 atom stereocenters. The summed E-state index contributed by atoms with van der Waals surface area (Å²) in [6, 6.07) is 0. The van der Waals surface area contributed by atoms with E-state index in [1.165, 1.54) is 0 Å². The van der Waals surface area contributed by atoms with Crippen LogP contribution in [0.2, 0.25) is 0 Å². The molecule has 0 aliphatic heterocycles. The van der Waals surface area contributed by atoms with Crippen LogP contribution in [0.4, 0.5) is 30.7 Å². The first kappa shape index (κ1) is 15.5. The standard InChI is InChI=1S/C8H11F7O/c1-2-3-6(4-5(9)16,7(10,11)12)8(13,14)15/h5,16H,2-4H2,1H3. The predicted octanol–water partition coefficient (Wildman–Crippen LogP) is 3.58. The molecule has 0 amide bonds. The zero-order valence-corrected chi connectivity index (χ0v) is 8.29. The van der Waals surface area contributed by atoms with E-state index in [9.17, 15) is 30.7 Å². The van der Waals surface area contributed by atoms with Gasteiger partial charge in [-0.15, -0.1) is 0 Å². The van der Waals surface area contributed by atoms with Crippen molar-refractivity contribution in [1.29, 1.82) is 0 Å². The molecule has 1 N–H and O–H groups in total. The van der Waals surface area contributed by atoms with Crippen LogP contribution < -0.4 is 0 Å². The van der Waals surface area contributed by atoms with Crippen LogP contribution in [0.15, 0.2) is 0 Å². The first-order valence-electron chi connectivity index (χ1n) is 4.43. The van der Waals surface area contributed by atoms with Gasteiger partial charge in [0.2, 0.25) is 0 Å². The molecular formula is C8H11F7O. The first-order chi connectivity index (χ1) is 6.98. The molecule has 16 heavy (non-hydrogen) atoms. The molecule has 0 aromatic carbocycles. The van der Waals surface area contributed by atoms with E-state index in [4.69, 9.17) is 5.11 Å². The van der Waals surface area contributed by atoms with Crippen molar-refractivity contribution in [2.45, 2.75) is 44.9 Å². The van der Waals surface area contributed by atoms with Gasteiger partial charge in [0.15, 0.2) is 11.8 Å². The molecule has 1 unspecified atom stereocenters. The molecule has 98 valence electrons. The van der Waals surface area contributed by atoms with E-state index in [-0.39, 0.29) is 0 Å². The monoisotopic (exact) mass is 256 g/mol. The van der Waals surface area contributed by atoms with Gasteiger partial charge in [0.1, 0.15) is 0 Å². The van der Waals surface area contributed by atoms with Crippen molar-refractivity contribution < 1.29 is 35.8 Å².